The van der Waals surface area contributed by atoms with Crippen LogP contribution in [0.25, 0.3) is 0 Å². The molecule has 5 heteroatoms. The normalized spacial score (nSPS) is 15.8. The Kier molecular flexibility index (Phi) is 6.00. The first-order valence-electron chi connectivity index (χ1n) is 8.07. The van der Waals surface area contributed by atoms with Crippen molar-refractivity contribution in [3.8, 4) is 0 Å². The average Bonchev–Trinajstić information content (AvgIpc) is 2.76. The molecule has 1 aromatic rings. The standard InChI is InChI=1S/C17H25NO3S/c1-11(2)10-18-16(19)12(3)21-17(20)15-9-13-7-5-4-6-8-14(13)22-15/h9,11-12H,4-8,10H2,1-3H3,(H,18,19)/t12-/m0/s1. The molecule has 0 aromatic carbocycles. The Morgan fingerprint density at radius 1 is 1.23 bits per heavy atom. The van der Waals surface area contributed by atoms with Crippen LogP contribution in [0.1, 0.15) is 60.1 Å². The minimum absolute atomic E-state index is 0.236. The van der Waals surface area contributed by atoms with Crippen molar-refractivity contribution in [1.29, 1.82) is 0 Å². The van der Waals surface area contributed by atoms with Gasteiger partial charge >= 0.3 is 5.97 Å². The molecule has 0 bridgehead atoms. The summed E-state index contributed by atoms with van der Waals surface area (Å²) in [4.78, 5) is 26.0. The summed E-state index contributed by atoms with van der Waals surface area (Å²) in [6.07, 6.45) is 4.98. The Morgan fingerprint density at radius 3 is 2.68 bits per heavy atom. The molecule has 0 spiro atoms. The van der Waals surface area contributed by atoms with Gasteiger partial charge in [-0.25, -0.2) is 4.79 Å². The van der Waals surface area contributed by atoms with Crippen LogP contribution in [0.3, 0.4) is 0 Å². The first-order valence-corrected chi connectivity index (χ1v) is 8.89. The molecule has 0 aliphatic heterocycles. The molecule has 1 amide bonds. The van der Waals surface area contributed by atoms with Gasteiger partial charge in [-0.2, -0.15) is 0 Å². The summed E-state index contributed by atoms with van der Waals surface area (Å²) in [6, 6.07) is 1.95. The average molecular weight is 323 g/mol. The van der Waals surface area contributed by atoms with Gasteiger partial charge in [0.2, 0.25) is 0 Å². The zero-order valence-electron chi connectivity index (χ0n) is 13.6. The van der Waals surface area contributed by atoms with Crippen LogP contribution < -0.4 is 5.32 Å². The zero-order chi connectivity index (χ0) is 16.1. The SMILES string of the molecule is CC(C)CNC(=O)[C@H](C)OC(=O)c1cc2c(s1)CCCCC2. The van der Waals surface area contributed by atoms with E-state index in [1.807, 2.05) is 19.9 Å². The predicted octanol–water partition coefficient (Wildman–Crippen LogP) is 3.33. The molecule has 0 fully saturated rings. The Morgan fingerprint density at radius 2 is 1.95 bits per heavy atom. The maximum absolute atomic E-state index is 12.2. The number of nitrogens with one attached hydrogen (secondary N) is 1. The fraction of sp³-hybridized carbons (Fsp3) is 0.647. The third-order valence-corrected chi connectivity index (χ3v) is 5.00. The fourth-order valence-electron chi connectivity index (χ4n) is 2.49. The third kappa shape index (κ3) is 4.57. The molecular weight excluding hydrogens is 298 g/mol. The van der Waals surface area contributed by atoms with Gasteiger partial charge < -0.3 is 10.1 Å². The molecular formula is C17H25NO3S. The lowest BCUT2D eigenvalue weighted by Gasteiger charge is -2.14. The molecule has 0 saturated carbocycles. The van der Waals surface area contributed by atoms with Gasteiger partial charge in [0.25, 0.3) is 5.91 Å². The van der Waals surface area contributed by atoms with E-state index in [0.29, 0.717) is 17.3 Å². The first kappa shape index (κ1) is 17.0. The van der Waals surface area contributed by atoms with Crippen molar-refractivity contribution in [3.63, 3.8) is 0 Å². The lowest BCUT2D eigenvalue weighted by atomic mass is 10.1. The number of esters is 1. The molecule has 1 N–H and O–H groups in total. The van der Waals surface area contributed by atoms with E-state index in [2.05, 4.69) is 5.32 Å². The van der Waals surface area contributed by atoms with E-state index in [4.69, 9.17) is 4.74 Å². The van der Waals surface area contributed by atoms with E-state index in [0.717, 1.165) is 12.8 Å². The van der Waals surface area contributed by atoms with Gasteiger partial charge in [0.15, 0.2) is 6.10 Å². The van der Waals surface area contributed by atoms with Crippen LogP contribution in [0.5, 0.6) is 0 Å². The predicted molar refractivity (Wildman–Crippen MR) is 88.3 cm³/mol. The van der Waals surface area contributed by atoms with Crippen molar-refractivity contribution in [2.75, 3.05) is 6.54 Å². The minimum atomic E-state index is -0.756. The number of ether oxygens (including phenoxy) is 1. The maximum Gasteiger partial charge on any atom is 0.349 e. The molecule has 0 radical (unpaired) electrons. The molecule has 1 aromatic heterocycles. The molecule has 1 aliphatic rings. The number of rotatable bonds is 5. The number of fused-ring (bicyclic) bond motifs is 1. The highest BCUT2D eigenvalue weighted by Crippen LogP contribution is 2.29. The van der Waals surface area contributed by atoms with E-state index in [1.54, 1.807) is 6.92 Å². The van der Waals surface area contributed by atoms with E-state index >= 15 is 0 Å². The molecule has 0 saturated heterocycles. The molecule has 4 nitrogen and oxygen atoms in total. The first-order chi connectivity index (χ1) is 10.5. The number of aryl methyl sites for hydroxylation is 2. The molecule has 22 heavy (non-hydrogen) atoms. The summed E-state index contributed by atoms with van der Waals surface area (Å²) in [5.74, 6) is -0.245. The van der Waals surface area contributed by atoms with Gasteiger partial charge in [-0.05, 0) is 50.2 Å². The van der Waals surface area contributed by atoms with Gasteiger partial charge in [-0.3, -0.25) is 4.79 Å². The van der Waals surface area contributed by atoms with Crippen molar-refractivity contribution in [2.45, 2.75) is 59.0 Å². The van der Waals surface area contributed by atoms with Crippen molar-refractivity contribution < 1.29 is 14.3 Å². The highest BCUT2D eigenvalue weighted by atomic mass is 32.1. The van der Waals surface area contributed by atoms with Crippen LogP contribution in [0, 0.1) is 5.92 Å². The molecule has 2 rings (SSSR count). The third-order valence-electron chi connectivity index (χ3n) is 3.79. The Hall–Kier alpha value is -1.36. The van der Waals surface area contributed by atoms with Crippen molar-refractivity contribution in [1.82, 2.24) is 5.32 Å². The summed E-state index contributed by atoms with van der Waals surface area (Å²) < 4.78 is 5.30. The second kappa shape index (κ2) is 7.77. The van der Waals surface area contributed by atoms with Crippen molar-refractivity contribution in [2.24, 2.45) is 5.92 Å². The van der Waals surface area contributed by atoms with E-state index in [9.17, 15) is 9.59 Å². The monoisotopic (exact) mass is 323 g/mol. The second-order valence-corrected chi connectivity index (χ2v) is 7.44. The molecule has 1 heterocycles. The molecule has 1 atom stereocenters. The van der Waals surface area contributed by atoms with Crippen molar-refractivity contribution >= 4 is 23.2 Å². The van der Waals surface area contributed by atoms with E-state index in [-0.39, 0.29) is 11.9 Å². The van der Waals surface area contributed by atoms with Gasteiger partial charge in [0, 0.05) is 11.4 Å². The summed E-state index contributed by atoms with van der Waals surface area (Å²) >= 11 is 1.52. The summed E-state index contributed by atoms with van der Waals surface area (Å²) in [5, 5.41) is 2.78. The summed E-state index contributed by atoms with van der Waals surface area (Å²) in [7, 11) is 0. The van der Waals surface area contributed by atoms with Crippen LogP contribution in [0.2, 0.25) is 0 Å². The Bertz CT molecular complexity index is 513. The number of carbonyl (C=O) groups excluding carboxylic acids is 2. The maximum atomic E-state index is 12.2. The second-order valence-electron chi connectivity index (χ2n) is 6.31. The van der Waals surface area contributed by atoms with Crippen LogP contribution in [-0.4, -0.2) is 24.5 Å². The largest absolute Gasteiger partial charge is 0.448 e. The smallest absolute Gasteiger partial charge is 0.349 e. The van der Waals surface area contributed by atoms with Gasteiger partial charge in [-0.1, -0.05) is 20.3 Å². The number of hydrogen-bond donors (Lipinski definition) is 1. The number of thiophene rings is 1. The number of hydrogen-bond acceptors (Lipinski definition) is 4. The van der Waals surface area contributed by atoms with Gasteiger partial charge in [0.1, 0.15) is 4.88 Å². The highest BCUT2D eigenvalue weighted by Gasteiger charge is 2.22. The topological polar surface area (TPSA) is 55.4 Å². The fourth-order valence-corrected chi connectivity index (χ4v) is 3.63. The molecule has 122 valence electrons. The van der Waals surface area contributed by atoms with Crippen LogP contribution in [0.4, 0.5) is 0 Å². The molecule has 0 unspecified atom stereocenters. The summed E-state index contributed by atoms with van der Waals surface area (Å²) in [5.41, 5.74) is 1.28. The van der Waals surface area contributed by atoms with Crippen LogP contribution >= 0.6 is 11.3 Å². The lowest BCUT2D eigenvalue weighted by Crippen LogP contribution is -2.37. The van der Waals surface area contributed by atoms with Crippen LogP contribution in [0.15, 0.2) is 6.07 Å². The lowest BCUT2D eigenvalue weighted by molar-refractivity contribution is -0.129. The quantitative estimate of drug-likeness (QED) is 0.668. The van der Waals surface area contributed by atoms with Crippen LogP contribution in [-0.2, 0) is 22.4 Å². The number of amides is 1. The van der Waals surface area contributed by atoms with Crippen molar-refractivity contribution in [3.05, 3.63) is 21.4 Å². The van der Waals surface area contributed by atoms with E-state index < -0.39 is 6.10 Å². The number of carbonyl (C=O) groups is 2. The molecule has 1 aliphatic carbocycles. The zero-order valence-corrected chi connectivity index (χ0v) is 14.4. The highest BCUT2D eigenvalue weighted by molar-refractivity contribution is 7.14. The Labute approximate surface area is 136 Å². The minimum Gasteiger partial charge on any atom is -0.448 e. The summed E-state index contributed by atoms with van der Waals surface area (Å²) in [6.45, 7) is 6.26. The Balaban J connectivity index is 1.93. The van der Waals surface area contributed by atoms with Gasteiger partial charge in [-0.15, -0.1) is 11.3 Å². The van der Waals surface area contributed by atoms with E-state index in [1.165, 1.54) is 41.0 Å². The van der Waals surface area contributed by atoms with Gasteiger partial charge in [0.05, 0.1) is 0 Å².